The molecular formula is C10H20N2O2. The average Bonchev–Trinajstić information content (AvgIpc) is 2.09. The van der Waals surface area contributed by atoms with Crippen LogP contribution in [0.3, 0.4) is 0 Å². The summed E-state index contributed by atoms with van der Waals surface area (Å²) in [6.07, 6.45) is 1.45. The van der Waals surface area contributed by atoms with Crippen molar-refractivity contribution in [3.63, 3.8) is 0 Å². The zero-order valence-corrected chi connectivity index (χ0v) is 8.99. The molecule has 0 spiro atoms. The van der Waals surface area contributed by atoms with Gasteiger partial charge in [-0.3, -0.25) is 4.79 Å². The molecule has 1 amide bonds. The van der Waals surface area contributed by atoms with Gasteiger partial charge in [0, 0.05) is 6.42 Å². The van der Waals surface area contributed by atoms with Gasteiger partial charge in [0.25, 0.3) is 0 Å². The van der Waals surface area contributed by atoms with E-state index in [2.05, 4.69) is 0 Å². The van der Waals surface area contributed by atoms with Crippen molar-refractivity contribution in [1.29, 1.82) is 0 Å². The molecule has 1 unspecified atom stereocenters. The summed E-state index contributed by atoms with van der Waals surface area (Å²) in [6, 6.07) is 0. The van der Waals surface area contributed by atoms with Gasteiger partial charge in [0.1, 0.15) is 0 Å². The van der Waals surface area contributed by atoms with Crippen LogP contribution in [0.25, 0.3) is 0 Å². The van der Waals surface area contributed by atoms with E-state index < -0.39 is 5.60 Å². The van der Waals surface area contributed by atoms with Gasteiger partial charge < -0.3 is 15.7 Å². The predicted molar refractivity (Wildman–Crippen MR) is 54.7 cm³/mol. The van der Waals surface area contributed by atoms with Crippen LogP contribution in [0.2, 0.25) is 0 Å². The standard InChI is InChI=1S/C10H20N2O2/c1-3-8(5-11)4-9(13)12-6-10(2,14)7-12/h8,14H,3-7,11H2,1-2H3. The maximum absolute atomic E-state index is 11.6. The Morgan fingerprint density at radius 2 is 2.21 bits per heavy atom. The molecule has 0 aromatic rings. The van der Waals surface area contributed by atoms with E-state index in [4.69, 9.17) is 5.73 Å². The highest BCUT2D eigenvalue weighted by Crippen LogP contribution is 2.21. The summed E-state index contributed by atoms with van der Waals surface area (Å²) in [7, 11) is 0. The lowest BCUT2D eigenvalue weighted by molar-refractivity contribution is -0.153. The number of likely N-dealkylation sites (tertiary alicyclic amines) is 1. The van der Waals surface area contributed by atoms with Gasteiger partial charge in [-0.25, -0.2) is 0 Å². The quantitative estimate of drug-likeness (QED) is 0.669. The molecule has 0 bridgehead atoms. The van der Waals surface area contributed by atoms with E-state index in [1.54, 1.807) is 11.8 Å². The summed E-state index contributed by atoms with van der Waals surface area (Å²) in [6.45, 7) is 5.28. The topological polar surface area (TPSA) is 66.6 Å². The fourth-order valence-electron chi connectivity index (χ4n) is 1.72. The van der Waals surface area contributed by atoms with Gasteiger partial charge >= 0.3 is 0 Å². The van der Waals surface area contributed by atoms with Crippen molar-refractivity contribution in [3.05, 3.63) is 0 Å². The van der Waals surface area contributed by atoms with Crippen LogP contribution in [-0.2, 0) is 4.79 Å². The molecule has 1 aliphatic rings. The number of aliphatic hydroxyl groups is 1. The number of nitrogens with zero attached hydrogens (tertiary/aromatic N) is 1. The Kier molecular flexibility index (Phi) is 3.50. The molecule has 0 aromatic heterocycles. The van der Waals surface area contributed by atoms with E-state index in [1.165, 1.54) is 0 Å². The molecule has 0 saturated carbocycles. The Morgan fingerprint density at radius 1 is 1.64 bits per heavy atom. The minimum atomic E-state index is -0.667. The number of amides is 1. The highest BCUT2D eigenvalue weighted by atomic mass is 16.3. The monoisotopic (exact) mass is 200 g/mol. The average molecular weight is 200 g/mol. The smallest absolute Gasteiger partial charge is 0.223 e. The van der Waals surface area contributed by atoms with E-state index in [0.717, 1.165) is 6.42 Å². The predicted octanol–water partition coefficient (Wildman–Crippen LogP) is -0.0454. The lowest BCUT2D eigenvalue weighted by Crippen LogP contribution is -2.61. The van der Waals surface area contributed by atoms with Gasteiger partial charge in [-0.2, -0.15) is 0 Å². The van der Waals surface area contributed by atoms with Crippen molar-refractivity contribution in [2.24, 2.45) is 11.7 Å². The van der Waals surface area contributed by atoms with E-state index in [-0.39, 0.29) is 11.8 Å². The zero-order valence-electron chi connectivity index (χ0n) is 8.99. The molecule has 1 atom stereocenters. The maximum Gasteiger partial charge on any atom is 0.223 e. The molecule has 1 heterocycles. The summed E-state index contributed by atoms with van der Waals surface area (Å²) < 4.78 is 0. The molecule has 0 aromatic carbocycles. The van der Waals surface area contributed by atoms with Gasteiger partial charge in [0.2, 0.25) is 5.91 Å². The first-order chi connectivity index (χ1) is 6.48. The molecular weight excluding hydrogens is 180 g/mol. The van der Waals surface area contributed by atoms with Crippen LogP contribution in [0.5, 0.6) is 0 Å². The molecule has 1 fully saturated rings. The van der Waals surface area contributed by atoms with Crippen LogP contribution < -0.4 is 5.73 Å². The van der Waals surface area contributed by atoms with Crippen molar-refractivity contribution in [3.8, 4) is 0 Å². The van der Waals surface area contributed by atoms with Gasteiger partial charge in [-0.1, -0.05) is 13.3 Å². The molecule has 0 radical (unpaired) electrons. The minimum absolute atomic E-state index is 0.119. The minimum Gasteiger partial charge on any atom is -0.386 e. The molecule has 1 aliphatic heterocycles. The number of hydrogen-bond acceptors (Lipinski definition) is 3. The third-order valence-corrected chi connectivity index (χ3v) is 2.79. The van der Waals surface area contributed by atoms with Crippen molar-refractivity contribution >= 4 is 5.91 Å². The second-order valence-corrected chi connectivity index (χ2v) is 4.46. The van der Waals surface area contributed by atoms with Crippen LogP contribution >= 0.6 is 0 Å². The molecule has 82 valence electrons. The summed E-state index contributed by atoms with van der Waals surface area (Å²) in [5, 5.41) is 9.46. The molecule has 0 aliphatic carbocycles. The van der Waals surface area contributed by atoms with Gasteiger partial charge in [0.15, 0.2) is 0 Å². The third-order valence-electron chi connectivity index (χ3n) is 2.79. The fraction of sp³-hybridized carbons (Fsp3) is 0.900. The van der Waals surface area contributed by atoms with Crippen LogP contribution in [0, 0.1) is 5.92 Å². The number of carbonyl (C=O) groups excluding carboxylic acids is 1. The SMILES string of the molecule is CCC(CN)CC(=O)N1CC(C)(O)C1. The second kappa shape index (κ2) is 4.28. The van der Waals surface area contributed by atoms with E-state index in [9.17, 15) is 9.90 Å². The number of nitrogens with two attached hydrogens (primary N) is 1. The molecule has 3 N–H and O–H groups in total. The van der Waals surface area contributed by atoms with Crippen molar-refractivity contribution in [1.82, 2.24) is 4.90 Å². The lowest BCUT2D eigenvalue weighted by atomic mass is 9.94. The van der Waals surface area contributed by atoms with Crippen LogP contribution in [0.15, 0.2) is 0 Å². The van der Waals surface area contributed by atoms with E-state index in [0.29, 0.717) is 26.1 Å². The summed E-state index contributed by atoms with van der Waals surface area (Å²) >= 11 is 0. The summed E-state index contributed by atoms with van der Waals surface area (Å²) in [5.41, 5.74) is 4.86. The summed E-state index contributed by atoms with van der Waals surface area (Å²) in [5.74, 6) is 0.405. The van der Waals surface area contributed by atoms with Gasteiger partial charge in [-0.15, -0.1) is 0 Å². The first-order valence-corrected chi connectivity index (χ1v) is 5.18. The number of rotatable bonds is 4. The van der Waals surface area contributed by atoms with Crippen LogP contribution in [-0.4, -0.2) is 41.1 Å². The highest BCUT2D eigenvalue weighted by Gasteiger charge is 2.39. The fourth-order valence-corrected chi connectivity index (χ4v) is 1.72. The summed E-state index contributed by atoms with van der Waals surface area (Å²) in [4.78, 5) is 13.3. The van der Waals surface area contributed by atoms with Crippen molar-refractivity contribution in [2.45, 2.75) is 32.3 Å². The Hall–Kier alpha value is -0.610. The molecule has 14 heavy (non-hydrogen) atoms. The normalized spacial score (nSPS) is 21.6. The highest BCUT2D eigenvalue weighted by molar-refractivity contribution is 5.77. The first kappa shape index (κ1) is 11.5. The van der Waals surface area contributed by atoms with Crippen molar-refractivity contribution in [2.75, 3.05) is 19.6 Å². The first-order valence-electron chi connectivity index (χ1n) is 5.18. The number of carbonyl (C=O) groups is 1. The van der Waals surface area contributed by atoms with Crippen molar-refractivity contribution < 1.29 is 9.90 Å². The Bertz CT molecular complexity index is 204. The van der Waals surface area contributed by atoms with E-state index >= 15 is 0 Å². The van der Waals surface area contributed by atoms with Crippen LogP contribution in [0.4, 0.5) is 0 Å². The number of hydrogen-bond donors (Lipinski definition) is 2. The maximum atomic E-state index is 11.6. The second-order valence-electron chi connectivity index (χ2n) is 4.46. The largest absolute Gasteiger partial charge is 0.386 e. The Labute approximate surface area is 85.1 Å². The Morgan fingerprint density at radius 3 is 2.57 bits per heavy atom. The lowest BCUT2D eigenvalue weighted by Gasteiger charge is -2.44. The Balaban J connectivity index is 2.30. The van der Waals surface area contributed by atoms with E-state index in [1.807, 2.05) is 6.92 Å². The molecule has 1 rings (SSSR count). The van der Waals surface area contributed by atoms with Crippen LogP contribution in [0.1, 0.15) is 26.7 Å². The zero-order chi connectivity index (χ0) is 10.8. The molecule has 1 saturated heterocycles. The molecule has 4 nitrogen and oxygen atoms in total. The molecule has 4 heteroatoms. The van der Waals surface area contributed by atoms with Gasteiger partial charge in [0.05, 0.1) is 18.7 Å². The van der Waals surface area contributed by atoms with Gasteiger partial charge in [-0.05, 0) is 19.4 Å². The third kappa shape index (κ3) is 2.69. The number of β-amino-alcohol motifs (C(OH)–C–C–N with tert-alkyl or cyclic N) is 1.